The van der Waals surface area contributed by atoms with Crippen molar-refractivity contribution >= 4 is 33.3 Å². The highest BCUT2D eigenvalue weighted by molar-refractivity contribution is 7.18. The minimum atomic E-state index is 0.00987. The van der Waals surface area contributed by atoms with Gasteiger partial charge in [0.1, 0.15) is 11.3 Å². The zero-order valence-corrected chi connectivity index (χ0v) is 19.2. The first-order valence-electron chi connectivity index (χ1n) is 11.0. The number of benzene rings is 1. The third kappa shape index (κ3) is 4.78. The van der Waals surface area contributed by atoms with E-state index in [0.717, 1.165) is 35.5 Å². The summed E-state index contributed by atoms with van der Waals surface area (Å²) in [7, 11) is 0. The van der Waals surface area contributed by atoms with Crippen LogP contribution in [0, 0.1) is 0 Å². The topological polar surface area (TPSA) is 71.0 Å². The Balaban J connectivity index is 1.65. The summed E-state index contributed by atoms with van der Waals surface area (Å²) >= 11 is 1.52. The predicted octanol–water partition coefficient (Wildman–Crippen LogP) is 5.28. The first-order chi connectivity index (χ1) is 15.7. The number of carbonyl (C=O) groups excluding carboxylic acids is 1. The molecule has 1 N–H and O–H groups in total. The standard InChI is InChI=1S/C25H27N5OS/c1-3-30(4-2)25(31)20-17-32-22-21(20)28-23(19-12-15-26-16-13-19)29-24(22)27-14-8-11-18-9-6-5-7-10-18/h5-7,9-10,12-13,15-17H,3-4,8,11,14H2,1-2H3,(H,27,28,29). The van der Waals surface area contributed by atoms with E-state index in [2.05, 4.69) is 34.6 Å². The van der Waals surface area contributed by atoms with Gasteiger partial charge >= 0.3 is 0 Å². The summed E-state index contributed by atoms with van der Waals surface area (Å²) in [6.45, 7) is 6.10. The molecule has 32 heavy (non-hydrogen) atoms. The number of hydrogen-bond donors (Lipinski definition) is 1. The number of pyridine rings is 1. The fourth-order valence-electron chi connectivity index (χ4n) is 3.65. The van der Waals surface area contributed by atoms with Crippen molar-refractivity contribution in [3.05, 3.63) is 71.4 Å². The molecule has 3 heterocycles. The monoisotopic (exact) mass is 445 g/mol. The summed E-state index contributed by atoms with van der Waals surface area (Å²) in [6, 6.07) is 14.2. The second-order valence-corrected chi connectivity index (χ2v) is 8.33. The van der Waals surface area contributed by atoms with Crippen LogP contribution in [-0.2, 0) is 6.42 Å². The van der Waals surface area contributed by atoms with Gasteiger partial charge < -0.3 is 10.2 Å². The Morgan fingerprint density at radius 1 is 1.03 bits per heavy atom. The predicted molar refractivity (Wildman–Crippen MR) is 131 cm³/mol. The average Bonchev–Trinajstić information content (AvgIpc) is 3.28. The summed E-state index contributed by atoms with van der Waals surface area (Å²) in [5.74, 6) is 1.38. The highest BCUT2D eigenvalue weighted by Gasteiger charge is 2.21. The lowest BCUT2D eigenvalue weighted by atomic mass is 10.1. The van der Waals surface area contributed by atoms with Gasteiger partial charge in [0.15, 0.2) is 5.82 Å². The summed E-state index contributed by atoms with van der Waals surface area (Å²) in [5.41, 5.74) is 3.54. The number of carbonyl (C=O) groups is 1. The van der Waals surface area contributed by atoms with Gasteiger partial charge in [-0.25, -0.2) is 9.97 Å². The number of aryl methyl sites for hydroxylation is 1. The number of nitrogens with one attached hydrogen (secondary N) is 1. The van der Waals surface area contributed by atoms with Crippen molar-refractivity contribution in [3.63, 3.8) is 0 Å². The molecule has 3 aromatic heterocycles. The largest absolute Gasteiger partial charge is 0.369 e. The van der Waals surface area contributed by atoms with E-state index in [1.807, 2.05) is 42.3 Å². The number of hydrogen-bond acceptors (Lipinski definition) is 6. The van der Waals surface area contributed by atoms with E-state index in [0.29, 0.717) is 30.0 Å². The van der Waals surface area contributed by atoms with E-state index in [4.69, 9.17) is 9.97 Å². The molecule has 0 fully saturated rings. The molecule has 4 rings (SSSR count). The van der Waals surface area contributed by atoms with Crippen LogP contribution in [0.1, 0.15) is 36.2 Å². The average molecular weight is 446 g/mol. The van der Waals surface area contributed by atoms with Crippen LogP contribution in [0.15, 0.2) is 60.2 Å². The number of rotatable bonds is 9. The molecule has 0 saturated heterocycles. The van der Waals surface area contributed by atoms with Crippen molar-refractivity contribution < 1.29 is 4.79 Å². The van der Waals surface area contributed by atoms with E-state index >= 15 is 0 Å². The zero-order chi connectivity index (χ0) is 22.3. The van der Waals surface area contributed by atoms with Crippen LogP contribution >= 0.6 is 11.3 Å². The number of anilines is 1. The SMILES string of the molecule is CCN(CC)C(=O)c1csc2c(NCCCc3ccccc3)nc(-c3ccncc3)nc12. The molecule has 0 unspecified atom stereocenters. The summed E-state index contributed by atoms with van der Waals surface area (Å²) in [6.07, 6.45) is 5.43. The Bertz CT molecular complexity index is 1170. The van der Waals surface area contributed by atoms with Gasteiger partial charge in [-0.2, -0.15) is 0 Å². The van der Waals surface area contributed by atoms with Gasteiger partial charge in [-0.05, 0) is 44.4 Å². The quantitative estimate of drug-likeness (QED) is 0.355. The second kappa shape index (κ2) is 10.3. The van der Waals surface area contributed by atoms with Crippen LogP contribution in [0.3, 0.4) is 0 Å². The van der Waals surface area contributed by atoms with E-state index in [9.17, 15) is 4.79 Å². The Morgan fingerprint density at radius 2 is 1.78 bits per heavy atom. The normalized spacial score (nSPS) is 10.9. The minimum absolute atomic E-state index is 0.00987. The van der Waals surface area contributed by atoms with E-state index in [1.54, 1.807) is 12.4 Å². The summed E-state index contributed by atoms with van der Waals surface area (Å²) < 4.78 is 0.915. The molecule has 0 aliphatic heterocycles. The van der Waals surface area contributed by atoms with Crippen molar-refractivity contribution in [1.82, 2.24) is 19.9 Å². The second-order valence-electron chi connectivity index (χ2n) is 7.45. The molecule has 0 bridgehead atoms. The van der Waals surface area contributed by atoms with E-state index in [1.165, 1.54) is 16.9 Å². The number of aromatic nitrogens is 3. The molecule has 0 radical (unpaired) electrons. The lowest BCUT2D eigenvalue weighted by Crippen LogP contribution is -2.30. The molecule has 1 aromatic carbocycles. The van der Waals surface area contributed by atoms with Crippen molar-refractivity contribution in [3.8, 4) is 11.4 Å². The van der Waals surface area contributed by atoms with E-state index in [-0.39, 0.29) is 5.91 Å². The molecule has 0 spiro atoms. The fourth-order valence-corrected chi connectivity index (χ4v) is 4.59. The molecule has 7 heteroatoms. The molecule has 0 aliphatic rings. The minimum Gasteiger partial charge on any atom is -0.369 e. The number of fused-ring (bicyclic) bond motifs is 1. The summed E-state index contributed by atoms with van der Waals surface area (Å²) in [5, 5.41) is 5.40. The Labute approximate surface area is 192 Å². The van der Waals surface area contributed by atoms with Crippen molar-refractivity contribution in [2.24, 2.45) is 0 Å². The fraction of sp³-hybridized carbons (Fsp3) is 0.280. The maximum Gasteiger partial charge on any atom is 0.256 e. The molecule has 0 aliphatic carbocycles. The van der Waals surface area contributed by atoms with Gasteiger partial charge in [0.2, 0.25) is 0 Å². The van der Waals surface area contributed by atoms with Crippen molar-refractivity contribution in [2.75, 3.05) is 25.0 Å². The highest BCUT2D eigenvalue weighted by Crippen LogP contribution is 2.33. The van der Waals surface area contributed by atoms with Gasteiger partial charge in [0.25, 0.3) is 5.91 Å². The van der Waals surface area contributed by atoms with Crippen molar-refractivity contribution in [1.29, 1.82) is 0 Å². The molecule has 0 saturated carbocycles. The zero-order valence-electron chi connectivity index (χ0n) is 18.4. The Morgan fingerprint density at radius 3 is 2.50 bits per heavy atom. The van der Waals surface area contributed by atoms with E-state index < -0.39 is 0 Å². The molecule has 1 amide bonds. The van der Waals surface area contributed by atoms with Crippen molar-refractivity contribution in [2.45, 2.75) is 26.7 Å². The Hall–Kier alpha value is -3.32. The number of amides is 1. The van der Waals surface area contributed by atoms with Crippen LogP contribution in [0.25, 0.3) is 21.6 Å². The third-order valence-electron chi connectivity index (χ3n) is 5.41. The molecule has 164 valence electrons. The van der Waals surface area contributed by atoms with Gasteiger partial charge in [0.05, 0.1) is 10.3 Å². The van der Waals surface area contributed by atoms with Crippen LogP contribution in [0.2, 0.25) is 0 Å². The Kier molecular flexibility index (Phi) is 7.07. The molecule has 6 nitrogen and oxygen atoms in total. The molecular weight excluding hydrogens is 418 g/mol. The third-order valence-corrected chi connectivity index (χ3v) is 6.39. The molecule has 4 aromatic rings. The number of nitrogens with zero attached hydrogens (tertiary/aromatic N) is 4. The first kappa shape index (κ1) is 21.9. The number of thiophene rings is 1. The molecule has 0 atom stereocenters. The summed E-state index contributed by atoms with van der Waals surface area (Å²) in [4.78, 5) is 28.6. The lowest BCUT2D eigenvalue weighted by molar-refractivity contribution is 0.0775. The van der Waals surface area contributed by atoms with Crippen LogP contribution in [0.5, 0.6) is 0 Å². The maximum atomic E-state index is 13.1. The van der Waals surface area contributed by atoms with Crippen LogP contribution in [-0.4, -0.2) is 45.4 Å². The maximum absolute atomic E-state index is 13.1. The highest BCUT2D eigenvalue weighted by atomic mass is 32.1. The van der Waals surface area contributed by atoms with Crippen LogP contribution < -0.4 is 5.32 Å². The lowest BCUT2D eigenvalue weighted by Gasteiger charge is -2.18. The first-order valence-corrected chi connectivity index (χ1v) is 11.9. The van der Waals surface area contributed by atoms with Crippen LogP contribution in [0.4, 0.5) is 5.82 Å². The van der Waals surface area contributed by atoms with Gasteiger partial charge in [-0.1, -0.05) is 30.3 Å². The van der Waals surface area contributed by atoms with Gasteiger partial charge in [0, 0.05) is 43.0 Å². The van der Waals surface area contributed by atoms with Gasteiger partial charge in [-0.3, -0.25) is 9.78 Å². The molecular formula is C25H27N5OS. The van der Waals surface area contributed by atoms with Gasteiger partial charge in [-0.15, -0.1) is 11.3 Å². The smallest absolute Gasteiger partial charge is 0.256 e.